The second kappa shape index (κ2) is 5.93. The Kier molecular flexibility index (Phi) is 13.5. The van der Waals surface area contributed by atoms with Crippen LogP contribution in [0.4, 0.5) is 0 Å². The monoisotopic (exact) mass is 216 g/mol. The van der Waals surface area contributed by atoms with Crippen LogP contribution in [0.5, 0.6) is 0 Å². The molecule has 34 valence electrons. The zero-order valence-electron chi connectivity index (χ0n) is 3.49. The SMILES string of the molecule is O=P([O-])([O-])[O-].[Mo+4].[Na+]. The molecular formula is MoNaO4P+2. The van der Waals surface area contributed by atoms with E-state index in [4.69, 9.17) is 19.2 Å². The average Bonchev–Trinajstić information content (AvgIpc) is 0.722. The maximum absolute atomic E-state index is 8.55. The number of rotatable bonds is 0. The molecule has 0 radical (unpaired) electrons. The Morgan fingerprint density at radius 2 is 1.14 bits per heavy atom. The van der Waals surface area contributed by atoms with E-state index in [1.54, 1.807) is 0 Å². The van der Waals surface area contributed by atoms with Crippen molar-refractivity contribution in [1.29, 1.82) is 0 Å². The molecule has 0 aromatic heterocycles. The van der Waals surface area contributed by atoms with Gasteiger partial charge >= 0.3 is 50.6 Å². The summed E-state index contributed by atoms with van der Waals surface area (Å²) in [7, 11) is -5.39. The molecule has 7 heavy (non-hydrogen) atoms. The Labute approximate surface area is 77.1 Å². The molecule has 0 bridgehead atoms. The van der Waals surface area contributed by atoms with Gasteiger partial charge in [0.2, 0.25) is 0 Å². The van der Waals surface area contributed by atoms with Crippen molar-refractivity contribution in [2.75, 3.05) is 0 Å². The van der Waals surface area contributed by atoms with Gasteiger partial charge in [0.25, 0.3) is 0 Å². The molecule has 0 rings (SSSR count). The molecule has 0 heterocycles. The van der Waals surface area contributed by atoms with Crippen molar-refractivity contribution in [1.82, 2.24) is 0 Å². The largest absolute Gasteiger partial charge is 4.00 e. The van der Waals surface area contributed by atoms with Gasteiger partial charge in [0.15, 0.2) is 0 Å². The van der Waals surface area contributed by atoms with E-state index in [0.29, 0.717) is 0 Å². The first-order valence-corrected chi connectivity index (χ1v) is 2.19. The molecule has 0 aliphatic rings. The Balaban J connectivity index is -0.0000000800. The molecule has 0 saturated heterocycles. The molecule has 7 heteroatoms. The normalized spacial score (nSPS) is 8.43. The van der Waals surface area contributed by atoms with Crippen LogP contribution in [-0.2, 0) is 25.6 Å². The molecule has 0 aromatic carbocycles. The van der Waals surface area contributed by atoms with Gasteiger partial charge in [0.05, 0.1) is 0 Å². The van der Waals surface area contributed by atoms with Crippen LogP contribution in [0.25, 0.3) is 0 Å². The van der Waals surface area contributed by atoms with Crippen LogP contribution in [0.2, 0.25) is 0 Å². The first-order chi connectivity index (χ1) is 2.00. The maximum atomic E-state index is 8.55. The molecule has 0 spiro atoms. The summed E-state index contributed by atoms with van der Waals surface area (Å²) in [4.78, 5) is 25.6. The van der Waals surface area contributed by atoms with Crippen molar-refractivity contribution in [3.63, 3.8) is 0 Å². The molecule has 0 unspecified atom stereocenters. The fourth-order valence-electron chi connectivity index (χ4n) is 0. The van der Waals surface area contributed by atoms with Gasteiger partial charge in [0, 0.05) is 0 Å². The van der Waals surface area contributed by atoms with Crippen LogP contribution in [0.1, 0.15) is 0 Å². The van der Waals surface area contributed by atoms with Crippen molar-refractivity contribution < 1.29 is 69.9 Å². The van der Waals surface area contributed by atoms with E-state index in [-0.39, 0.29) is 50.6 Å². The van der Waals surface area contributed by atoms with Crippen molar-refractivity contribution >= 4 is 7.82 Å². The van der Waals surface area contributed by atoms with Gasteiger partial charge in [-0.05, 0) is 0 Å². The minimum absolute atomic E-state index is 0. The fraction of sp³-hybridized carbons (Fsp3) is 0. The summed E-state index contributed by atoms with van der Waals surface area (Å²) in [5.41, 5.74) is 0. The maximum Gasteiger partial charge on any atom is 4.00 e. The Morgan fingerprint density at radius 3 is 1.14 bits per heavy atom. The van der Waals surface area contributed by atoms with E-state index in [2.05, 4.69) is 0 Å². The molecule has 0 fully saturated rings. The van der Waals surface area contributed by atoms with Crippen molar-refractivity contribution in [3.8, 4) is 0 Å². The third-order valence-electron chi connectivity index (χ3n) is 0. The first-order valence-electron chi connectivity index (χ1n) is 0.730. The molecule has 0 saturated carbocycles. The van der Waals surface area contributed by atoms with Crippen molar-refractivity contribution in [3.05, 3.63) is 0 Å². The Morgan fingerprint density at radius 1 is 1.14 bits per heavy atom. The first kappa shape index (κ1) is 15.9. The van der Waals surface area contributed by atoms with E-state index < -0.39 is 7.82 Å². The predicted octanol–water partition coefficient (Wildman–Crippen LogP) is -5.82. The molecule has 0 amide bonds. The second-order valence-corrected chi connectivity index (χ2v) is 1.34. The van der Waals surface area contributed by atoms with E-state index in [1.165, 1.54) is 0 Å². The molecule has 0 aromatic rings. The summed E-state index contributed by atoms with van der Waals surface area (Å²) >= 11 is 0. The summed E-state index contributed by atoms with van der Waals surface area (Å²) in [6.45, 7) is 0. The zero-order chi connectivity index (χ0) is 4.50. The number of hydrogen-bond donors (Lipinski definition) is 0. The Hall–Kier alpha value is 1.80. The number of phosphoric acid groups is 1. The smallest absolute Gasteiger partial charge is 0.822 e. The minimum Gasteiger partial charge on any atom is -0.822 e. The molecule has 4 nitrogen and oxygen atoms in total. The average molecular weight is 214 g/mol. The van der Waals surface area contributed by atoms with Gasteiger partial charge in [-0.2, -0.15) is 7.82 Å². The minimum atomic E-state index is -5.39. The summed E-state index contributed by atoms with van der Waals surface area (Å²) < 4.78 is 8.55. The van der Waals surface area contributed by atoms with Gasteiger partial charge < -0.3 is 19.2 Å². The van der Waals surface area contributed by atoms with Crippen LogP contribution >= 0.6 is 7.82 Å². The van der Waals surface area contributed by atoms with Crippen LogP contribution in [-0.4, -0.2) is 0 Å². The van der Waals surface area contributed by atoms with E-state index >= 15 is 0 Å². The van der Waals surface area contributed by atoms with Gasteiger partial charge in [-0.3, -0.25) is 0 Å². The Bertz CT molecular complexity index is 57.8. The van der Waals surface area contributed by atoms with E-state index in [0.717, 1.165) is 0 Å². The quantitative estimate of drug-likeness (QED) is 0.297. The zero-order valence-corrected chi connectivity index (χ0v) is 8.39. The summed E-state index contributed by atoms with van der Waals surface area (Å²) in [5, 5.41) is 0. The molecule has 0 atom stereocenters. The van der Waals surface area contributed by atoms with Crippen LogP contribution in [0.15, 0.2) is 0 Å². The van der Waals surface area contributed by atoms with Gasteiger partial charge in [-0.1, -0.05) is 0 Å². The predicted molar refractivity (Wildman–Crippen MR) is 7.61 cm³/mol. The van der Waals surface area contributed by atoms with Crippen molar-refractivity contribution in [2.45, 2.75) is 0 Å². The topological polar surface area (TPSA) is 86.2 Å². The molecule has 0 N–H and O–H groups in total. The molecule has 0 aliphatic carbocycles. The second-order valence-electron chi connectivity index (χ2n) is 0.447. The van der Waals surface area contributed by atoms with Gasteiger partial charge in [-0.15, -0.1) is 0 Å². The van der Waals surface area contributed by atoms with Crippen molar-refractivity contribution in [2.24, 2.45) is 0 Å². The fourth-order valence-corrected chi connectivity index (χ4v) is 0. The number of hydrogen-bond acceptors (Lipinski definition) is 4. The van der Waals surface area contributed by atoms with E-state index in [1.807, 2.05) is 0 Å². The van der Waals surface area contributed by atoms with Crippen LogP contribution in [0, 0.1) is 0 Å². The molecular weight excluding hydrogens is 214 g/mol. The third-order valence-corrected chi connectivity index (χ3v) is 0. The van der Waals surface area contributed by atoms with Gasteiger partial charge in [-0.25, -0.2) is 0 Å². The summed E-state index contributed by atoms with van der Waals surface area (Å²) in [6, 6.07) is 0. The van der Waals surface area contributed by atoms with E-state index in [9.17, 15) is 0 Å². The van der Waals surface area contributed by atoms with Crippen LogP contribution in [0.3, 0.4) is 0 Å². The van der Waals surface area contributed by atoms with Crippen LogP contribution < -0.4 is 44.2 Å². The third kappa shape index (κ3) is 81.1. The summed E-state index contributed by atoms with van der Waals surface area (Å²) in [6.07, 6.45) is 0. The molecule has 0 aliphatic heterocycles. The van der Waals surface area contributed by atoms with Gasteiger partial charge in [0.1, 0.15) is 0 Å². The standard InChI is InChI=1S/Mo.Na.H3O4P/c;;1-5(2,3)4/h;;(H3,1,2,3,4)/q+4;+1;/p-3. The summed E-state index contributed by atoms with van der Waals surface area (Å²) in [5.74, 6) is 0.